The third kappa shape index (κ3) is 4.09. The van der Waals surface area contributed by atoms with Crippen LogP contribution in [0, 0.1) is 0 Å². The summed E-state index contributed by atoms with van der Waals surface area (Å²) in [5.41, 5.74) is 1.57. The summed E-state index contributed by atoms with van der Waals surface area (Å²) in [4.78, 5) is 17.2. The van der Waals surface area contributed by atoms with Gasteiger partial charge in [0, 0.05) is 30.4 Å². The second kappa shape index (κ2) is 8.50. The van der Waals surface area contributed by atoms with Crippen molar-refractivity contribution in [2.45, 2.75) is 26.4 Å². The molecule has 0 fully saturated rings. The molecule has 1 amide bonds. The predicted molar refractivity (Wildman–Crippen MR) is 109 cm³/mol. The summed E-state index contributed by atoms with van der Waals surface area (Å²) in [6.45, 7) is 2.92. The first-order valence-corrected chi connectivity index (χ1v) is 9.61. The Bertz CT molecular complexity index is 1220. The quantitative estimate of drug-likeness (QED) is 0.489. The van der Waals surface area contributed by atoms with Crippen LogP contribution in [0.1, 0.15) is 35.0 Å². The predicted octanol–water partition coefficient (Wildman–Crippen LogP) is 3.49. The van der Waals surface area contributed by atoms with Crippen molar-refractivity contribution in [3.63, 3.8) is 0 Å². The van der Waals surface area contributed by atoms with Crippen LogP contribution in [0.3, 0.4) is 0 Å². The first kappa shape index (κ1) is 20.5. The van der Waals surface area contributed by atoms with Gasteiger partial charge in [-0.25, -0.2) is 18.3 Å². The zero-order valence-electron chi connectivity index (χ0n) is 16.9. The van der Waals surface area contributed by atoms with E-state index in [1.54, 1.807) is 42.3 Å². The topological polar surface area (TPSA) is 86.3 Å². The summed E-state index contributed by atoms with van der Waals surface area (Å²) in [5, 5.41) is 10.9. The van der Waals surface area contributed by atoms with E-state index in [2.05, 4.69) is 20.5 Å². The number of nitrogens with zero attached hydrogens (tertiary/aromatic N) is 5. The van der Waals surface area contributed by atoms with E-state index in [9.17, 15) is 13.6 Å². The van der Waals surface area contributed by atoms with Gasteiger partial charge in [-0.1, -0.05) is 0 Å². The van der Waals surface area contributed by atoms with Gasteiger partial charge in [0.1, 0.15) is 17.0 Å². The van der Waals surface area contributed by atoms with Crippen molar-refractivity contribution >= 4 is 11.6 Å². The van der Waals surface area contributed by atoms with Gasteiger partial charge in [-0.05, 0) is 37.3 Å². The Morgan fingerprint density at radius 1 is 1.19 bits per heavy atom. The van der Waals surface area contributed by atoms with Crippen molar-refractivity contribution in [2.75, 3.05) is 7.11 Å². The highest BCUT2D eigenvalue weighted by molar-refractivity contribution is 5.99. The Kier molecular flexibility index (Phi) is 5.61. The number of hydrogen-bond donors (Lipinski definition) is 1. The lowest BCUT2D eigenvalue weighted by molar-refractivity contribution is 0.0952. The van der Waals surface area contributed by atoms with Crippen LogP contribution in [0.4, 0.5) is 8.78 Å². The van der Waals surface area contributed by atoms with Gasteiger partial charge in [0.05, 0.1) is 25.2 Å². The van der Waals surface area contributed by atoms with E-state index in [-0.39, 0.29) is 23.4 Å². The average molecular weight is 426 g/mol. The van der Waals surface area contributed by atoms with Gasteiger partial charge in [-0.15, -0.1) is 0 Å². The van der Waals surface area contributed by atoms with Crippen molar-refractivity contribution in [3.8, 4) is 17.0 Å². The smallest absolute Gasteiger partial charge is 0.280 e. The van der Waals surface area contributed by atoms with Crippen LogP contribution >= 0.6 is 0 Å². The fourth-order valence-electron chi connectivity index (χ4n) is 3.16. The number of alkyl halides is 2. The summed E-state index contributed by atoms with van der Waals surface area (Å²) < 4.78 is 35.3. The Labute approximate surface area is 176 Å². The van der Waals surface area contributed by atoms with E-state index >= 15 is 0 Å². The third-order valence-electron chi connectivity index (χ3n) is 4.82. The molecular formula is C21H20F2N6O2. The first-order chi connectivity index (χ1) is 15.0. The van der Waals surface area contributed by atoms with Crippen LogP contribution in [-0.4, -0.2) is 37.4 Å². The summed E-state index contributed by atoms with van der Waals surface area (Å²) in [6.07, 6.45) is 1.94. The lowest BCUT2D eigenvalue weighted by atomic mass is 10.1. The number of carbonyl (C=O) groups excluding carboxylic acids is 1. The fraction of sp³-hybridized carbons (Fsp3) is 0.238. The minimum Gasteiger partial charge on any atom is -0.497 e. The molecular weight excluding hydrogens is 406 g/mol. The molecule has 4 rings (SSSR count). The zero-order chi connectivity index (χ0) is 22.0. The van der Waals surface area contributed by atoms with Crippen molar-refractivity contribution < 1.29 is 18.3 Å². The maximum Gasteiger partial charge on any atom is 0.280 e. The van der Waals surface area contributed by atoms with E-state index in [0.717, 1.165) is 16.6 Å². The summed E-state index contributed by atoms with van der Waals surface area (Å²) in [6, 6.07) is 8.13. The van der Waals surface area contributed by atoms with Gasteiger partial charge in [0.25, 0.3) is 12.3 Å². The number of ether oxygens (including phenoxy) is 1. The molecule has 1 N–H and O–H groups in total. The van der Waals surface area contributed by atoms with Gasteiger partial charge < -0.3 is 10.1 Å². The average Bonchev–Trinajstić information content (AvgIpc) is 3.43. The van der Waals surface area contributed by atoms with E-state index in [1.807, 2.05) is 13.1 Å². The van der Waals surface area contributed by atoms with E-state index < -0.39 is 12.3 Å². The Hall–Kier alpha value is -3.82. The number of rotatable bonds is 7. The molecule has 1 aromatic carbocycles. The van der Waals surface area contributed by atoms with Crippen LogP contribution in [0.5, 0.6) is 5.75 Å². The largest absolute Gasteiger partial charge is 0.497 e. The van der Waals surface area contributed by atoms with Crippen LogP contribution in [-0.2, 0) is 13.1 Å². The lowest BCUT2D eigenvalue weighted by Crippen LogP contribution is -2.22. The van der Waals surface area contributed by atoms with Gasteiger partial charge in [0.15, 0.2) is 5.65 Å². The van der Waals surface area contributed by atoms with E-state index in [1.165, 1.54) is 12.3 Å². The zero-order valence-corrected chi connectivity index (χ0v) is 16.9. The number of fused-ring (bicyclic) bond motifs is 1. The number of nitrogens with one attached hydrogen (secondary N) is 1. The minimum atomic E-state index is -2.79. The number of benzene rings is 1. The molecule has 0 bridgehead atoms. The van der Waals surface area contributed by atoms with Crippen LogP contribution in [0.2, 0.25) is 0 Å². The Balaban J connectivity index is 1.68. The molecule has 0 saturated heterocycles. The SMILES string of the molecule is CCn1cc(CNC(=O)c2cnn3c(C(F)F)cc(-c4ccc(OC)cc4)nc23)cn1. The molecule has 3 aromatic heterocycles. The summed E-state index contributed by atoms with van der Waals surface area (Å²) >= 11 is 0. The van der Waals surface area contributed by atoms with Crippen molar-refractivity contribution in [1.29, 1.82) is 0 Å². The first-order valence-electron chi connectivity index (χ1n) is 9.61. The monoisotopic (exact) mass is 426 g/mol. The molecule has 0 saturated carbocycles. The molecule has 0 aliphatic heterocycles. The number of aromatic nitrogens is 5. The number of hydrogen-bond acceptors (Lipinski definition) is 5. The highest BCUT2D eigenvalue weighted by Crippen LogP contribution is 2.27. The molecule has 0 aliphatic carbocycles. The number of halogens is 2. The lowest BCUT2D eigenvalue weighted by Gasteiger charge is -2.09. The molecule has 4 aromatic rings. The highest BCUT2D eigenvalue weighted by atomic mass is 19.3. The maximum atomic E-state index is 13.7. The molecule has 31 heavy (non-hydrogen) atoms. The molecule has 0 aliphatic rings. The van der Waals surface area contributed by atoms with Crippen molar-refractivity contribution in [3.05, 3.63) is 65.7 Å². The van der Waals surface area contributed by atoms with Gasteiger partial charge >= 0.3 is 0 Å². The normalized spacial score (nSPS) is 11.3. The van der Waals surface area contributed by atoms with E-state index in [4.69, 9.17) is 4.74 Å². The number of carbonyl (C=O) groups is 1. The molecule has 0 unspecified atom stereocenters. The van der Waals surface area contributed by atoms with Crippen molar-refractivity contribution in [2.24, 2.45) is 0 Å². The molecule has 0 atom stereocenters. The maximum absolute atomic E-state index is 13.7. The second-order valence-corrected chi connectivity index (χ2v) is 6.78. The van der Waals surface area contributed by atoms with Gasteiger partial charge in [0.2, 0.25) is 0 Å². The third-order valence-corrected chi connectivity index (χ3v) is 4.82. The molecule has 0 radical (unpaired) electrons. The molecule has 0 spiro atoms. The second-order valence-electron chi connectivity index (χ2n) is 6.78. The molecule has 8 nitrogen and oxygen atoms in total. The fourth-order valence-corrected chi connectivity index (χ4v) is 3.16. The number of aryl methyl sites for hydroxylation is 1. The van der Waals surface area contributed by atoms with Crippen LogP contribution < -0.4 is 10.1 Å². The van der Waals surface area contributed by atoms with E-state index in [0.29, 0.717) is 17.0 Å². The molecule has 160 valence electrons. The molecule has 10 heteroatoms. The van der Waals surface area contributed by atoms with Gasteiger partial charge in [-0.3, -0.25) is 9.48 Å². The van der Waals surface area contributed by atoms with Crippen LogP contribution in [0.25, 0.3) is 16.9 Å². The van der Waals surface area contributed by atoms with Gasteiger partial charge in [-0.2, -0.15) is 10.2 Å². The minimum absolute atomic E-state index is 0.0605. The number of amides is 1. The summed E-state index contributed by atoms with van der Waals surface area (Å²) in [7, 11) is 1.54. The Morgan fingerprint density at radius 2 is 1.97 bits per heavy atom. The van der Waals surface area contributed by atoms with Crippen LogP contribution in [0.15, 0.2) is 48.9 Å². The molecule has 3 heterocycles. The standard InChI is InChI=1S/C21H20F2N6O2/c1-3-28-12-13(10-25-28)9-24-21(30)16-11-26-29-18(19(22)23)8-17(27-20(16)29)14-4-6-15(31-2)7-5-14/h4-8,10-12,19H,3,9H2,1-2H3,(H,24,30). The Morgan fingerprint density at radius 3 is 2.61 bits per heavy atom. The van der Waals surface area contributed by atoms with Crippen molar-refractivity contribution in [1.82, 2.24) is 29.7 Å². The highest BCUT2D eigenvalue weighted by Gasteiger charge is 2.21. The summed E-state index contributed by atoms with van der Waals surface area (Å²) in [5.74, 6) is 0.175. The number of methoxy groups -OCH3 is 1.